The normalized spacial score (nSPS) is 13.2. The van der Waals surface area contributed by atoms with Crippen LogP contribution in [0.3, 0.4) is 0 Å². The molecule has 1 aliphatic rings. The van der Waals surface area contributed by atoms with Gasteiger partial charge in [0.15, 0.2) is 0 Å². The van der Waals surface area contributed by atoms with Gasteiger partial charge < -0.3 is 9.32 Å². The lowest BCUT2D eigenvalue weighted by Crippen LogP contribution is -2.20. The van der Waals surface area contributed by atoms with Gasteiger partial charge in [-0.05, 0) is 108 Å². The minimum absolute atomic E-state index is 0.268. The van der Waals surface area contributed by atoms with E-state index in [1.165, 1.54) is 76.8 Å². The van der Waals surface area contributed by atoms with Crippen molar-refractivity contribution in [2.24, 2.45) is 0 Å². The summed E-state index contributed by atoms with van der Waals surface area (Å²) in [5, 5.41) is 9.99. The van der Waals surface area contributed by atoms with Crippen LogP contribution in [0.2, 0.25) is 0 Å². The van der Waals surface area contributed by atoms with Gasteiger partial charge in [-0.2, -0.15) is 0 Å². The molecule has 0 N–H and O–H groups in total. The van der Waals surface area contributed by atoms with Gasteiger partial charge >= 0.3 is 0 Å². The first-order chi connectivity index (χ1) is 26.1. The molecule has 0 fully saturated rings. The fraction of sp³-hybridized carbons (Fsp3) is 0.0588. The Morgan fingerprint density at radius 3 is 1.74 bits per heavy atom. The van der Waals surface area contributed by atoms with Crippen LogP contribution in [0.4, 0.5) is 17.1 Å². The molecule has 0 aliphatic heterocycles. The van der Waals surface area contributed by atoms with Crippen molar-refractivity contribution < 1.29 is 4.42 Å². The number of anilines is 3. The van der Waals surface area contributed by atoms with Crippen LogP contribution in [-0.2, 0) is 5.41 Å². The van der Waals surface area contributed by atoms with E-state index in [4.69, 9.17) is 4.42 Å². The number of benzene rings is 9. The highest BCUT2D eigenvalue weighted by atomic mass is 16.3. The van der Waals surface area contributed by atoms with Gasteiger partial charge in [0, 0.05) is 27.6 Å². The highest BCUT2D eigenvalue weighted by Crippen LogP contribution is 2.57. The summed E-state index contributed by atoms with van der Waals surface area (Å²) in [6.45, 7) is 4.76. The number of para-hydroxylation sites is 1. The molecule has 1 aliphatic carbocycles. The molecule has 10 aromatic rings. The van der Waals surface area contributed by atoms with Crippen LogP contribution >= 0.6 is 0 Å². The molecular weight excluding hydrogens is 643 g/mol. The molecule has 250 valence electrons. The van der Waals surface area contributed by atoms with Crippen molar-refractivity contribution in [3.05, 3.63) is 187 Å². The number of fused-ring (bicyclic) bond motifs is 13. The first kappa shape index (κ1) is 30.0. The minimum atomic E-state index is -0.268. The van der Waals surface area contributed by atoms with Crippen LogP contribution in [0.25, 0.3) is 76.5 Å². The molecule has 0 spiro atoms. The topological polar surface area (TPSA) is 16.4 Å². The van der Waals surface area contributed by atoms with Crippen LogP contribution < -0.4 is 4.90 Å². The Morgan fingerprint density at radius 1 is 0.434 bits per heavy atom. The summed E-state index contributed by atoms with van der Waals surface area (Å²) in [6, 6.07) is 64.1. The van der Waals surface area contributed by atoms with Crippen LogP contribution in [0.15, 0.2) is 180 Å². The van der Waals surface area contributed by atoms with E-state index in [0.717, 1.165) is 27.9 Å². The van der Waals surface area contributed by atoms with E-state index in [2.05, 4.69) is 195 Å². The summed E-state index contributed by atoms with van der Waals surface area (Å²) < 4.78 is 6.42. The lowest BCUT2D eigenvalue weighted by molar-refractivity contribution is 0.657. The monoisotopic (exact) mass is 677 g/mol. The van der Waals surface area contributed by atoms with E-state index < -0.39 is 0 Å². The largest absolute Gasteiger partial charge is 0.456 e. The van der Waals surface area contributed by atoms with E-state index in [0.29, 0.717) is 0 Å². The molecule has 2 heteroatoms. The first-order valence-corrected chi connectivity index (χ1v) is 18.4. The maximum atomic E-state index is 6.42. The third-order valence-corrected chi connectivity index (χ3v) is 11.6. The zero-order valence-electron chi connectivity index (χ0n) is 29.6. The van der Waals surface area contributed by atoms with Gasteiger partial charge in [-0.15, -0.1) is 0 Å². The molecule has 0 unspecified atom stereocenters. The second-order valence-electron chi connectivity index (χ2n) is 14.9. The standard InChI is InChI=1S/C51H35NO/c1-51(2)44-29-30-47-49(41-19-10-11-22-46(41)53-47)48(44)42-20-12-21-45(50(42)51)52(34-25-23-33(24-26-34)32-13-4-3-5-14-32)35-27-28-40-38-17-7-6-15-36(38)37-16-8-9-18-39(37)43(40)31-35/h3-31H,1-2H3. The van der Waals surface area contributed by atoms with E-state index in [1.54, 1.807) is 0 Å². The molecular formula is C51H35NO. The Morgan fingerprint density at radius 2 is 1.02 bits per heavy atom. The fourth-order valence-corrected chi connectivity index (χ4v) is 9.24. The van der Waals surface area contributed by atoms with Gasteiger partial charge in [0.25, 0.3) is 0 Å². The summed E-state index contributed by atoms with van der Waals surface area (Å²) >= 11 is 0. The van der Waals surface area contributed by atoms with Crippen molar-refractivity contribution in [2.75, 3.05) is 4.90 Å². The van der Waals surface area contributed by atoms with Crippen molar-refractivity contribution in [1.29, 1.82) is 0 Å². The zero-order chi connectivity index (χ0) is 35.3. The Balaban J connectivity index is 1.19. The van der Waals surface area contributed by atoms with Crippen molar-refractivity contribution in [1.82, 2.24) is 0 Å². The lowest BCUT2D eigenvalue weighted by Gasteiger charge is -2.32. The first-order valence-electron chi connectivity index (χ1n) is 18.4. The van der Waals surface area contributed by atoms with Crippen LogP contribution in [-0.4, -0.2) is 0 Å². The average molecular weight is 678 g/mol. The van der Waals surface area contributed by atoms with Crippen LogP contribution in [0.5, 0.6) is 0 Å². The predicted molar refractivity (Wildman–Crippen MR) is 224 cm³/mol. The highest BCUT2D eigenvalue weighted by Gasteiger charge is 2.40. The lowest BCUT2D eigenvalue weighted by atomic mass is 9.81. The fourth-order valence-electron chi connectivity index (χ4n) is 9.24. The smallest absolute Gasteiger partial charge is 0.136 e. The molecule has 1 heterocycles. The zero-order valence-corrected chi connectivity index (χ0v) is 29.6. The van der Waals surface area contributed by atoms with Crippen molar-refractivity contribution in [3.8, 4) is 22.3 Å². The molecule has 0 amide bonds. The predicted octanol–water partition coefficient (Wildman–Crippen LogP) is 14.5. The number of furan rings is 1. The quantitative estimate of drug-likeness (QED) is 0.172. The third-order valence-electron chi connectivity index (χ3n) is 11.6. The maximum absolute atomic E-state index is 6.42. The highest BCUT2D eigenvalue weighted by molar-refractivity contribution is 6.26. The molecule has 11 rings (SSSR count). The summed E-state index contributed by atoms with van der Waals surface area (Å²) in [6.07, 6.45) is 0. The molecule has 53 heavy (non-hydrogen) atoms. The van der Waals surface area contributed by atoms with Gasteiger partial charge in [0.2, 0.25) is 0 Å². The molecule has 1 aromatic heterocycles. The molecule has 0 radical (unpaired) electrons. The van der Waals surface area contributed by atoms with Crippen molar-refractivity contribution in [3.63, 3.8) is 0 Å². The van der Waals surface area contributed by atoms with Crippen LogP contribution in [0, 0.1) is 0 Å². The number of hydrogen-bond acceptors (Lipinski definition) is 2. The SMILES string of the molecule is CC1(C)c2ccc3oc4ccccc4c3c2-c2cccc(N(c3ccc(-c4ccccc4)cc3)c3ccc4c5ccccc5c5ccccc5c4c3)c21. The second-order valence-corrected chi connectivity index (χ2v) is 14.9. The van der Waals surface area contributed by atoms with E-state index in [1.807, 2.05) is 0 Å². The Bertz CT molecular complexity index is 3040. The van der Waals surface area contributed by atoms with E-state index in [9.17, 15) is 0 Å². The minimum Gasteiger partial charge on any atom is -0.456 e. The average Bonchev–Trinajstić information content (AvgIpc) is 3.71. The Labute approximate surface area is 308 Å². The summed E-state index contributed by atoms with van der Waals surface area (Å²) in [5.74, 6) is 0. The second kappa shape index (κ2) is 11.2. The van der Waals surface area contributed by atoms with Crippen molar-refractivity contribution in [2.45, 2.75) is 19.3 Å². The third kappa shape index (κ3) is 4.33. The molecule has 0 bridgehead atoms. The maximum Gasteiger partial charge on any atom is 0.136 e. The van der Waals surface area contributed by atoms with Gasteiger partial charge in [-0.1, -0.05) is 147 Å². The van der Waals surface area contributed by atoms with Gasteiger partial charge in [-0.3, -0.25) is 0 Å². The molecule has 0 atom stereocenters. The molecule has 2 nitrogen and oxygen atoms in total. The number of rotatable bonds is 4. The summed E-state index contributed by atoms with van der Waals surface area (Å²) in [4.78, 5) is 2.48. The van der Waals surface area contributed by atoms with Gasteiger partial charge in [-0.25, -0.2) is 0 Å². The van der Waals surface area contributed by atoms with Gasteiger partial charge in [0.1, 0.15) is 11.2 Å². The molecule has 0 saturated heterocycles. The number of hydrogen-bond donors (Lipinski definition) is 0. The summed E-state index contributed by atoms with van der Waals surface area (Å²) in [5.41, 5.74) is 12.6. The van der Waals surface area contributed by atoms with Crippen LogP contribution in [0.1, 0.15) is 25.0 Å². The molecule has 0 saturated carbocycles. The Hall–Kier alpha value is -6.64. The number of nitrogens with zero attached hydrogens (tertiary/aromatic N) is 1. The van der Waals surface area contributed by atoms with E-state index >= 15 is 0 Å². The van der Waals surface area contributed by atoms with E-state index in [-0.39, 0.29) is 5.41 Å². The van der Waals surface area contributed by atoms with Crippen molar-refractivity contribution >= 4 is 71.3 Å². The van der Waals surface area contributed by atoms with Gasteiger partial charge in [0.05, 0.1) is 5.69 Å². The Kier molecular flexibility index (Phi) is 6.33. The summed E-state index contributed by atoms with van der Waals surface area (Å²) in [7, 11) is 0. The molecule has 9 aromatic carbocycles.